The van der Waals surface area contributed by atoms with Gasteiger partial charge in [0.1, 0.15) is 5.76 Å². The molecule has 1 aromatic heterocycles. The predicted octanol–water partition coefficient (Wildman–Crippen LogP) is 2.00. The topological polar surface area (TPSA) is 95.3 Å². The maximum atomic E-state index is 12.8. The number of hydrogen-bond donors (Lipinski definition) is 1. The van der Waals surface area contributed by atoms with Gasteiger partial charge in [0, 0.05) is 49.7 Å². The third-order valence-electron chi connectivity index (χ3n) is 6.09. The van der Waals surface area contributed by atoms with Gasteiger partial charge in [-0.1, -0.05) is 0 Å². The second-order valence-corrected chi connectivity index (χ2v) is 10.3. The fourth-order valence-corrected chi connectivity index (χ4v) is 5.45. The van der Waals surface area contributed by atoms with Gasteiger partial charge in [-0.2, -0.15) is 4.31 Å². The molecule has 4 rings (SSSR count). The van der Waals surface area contributed by atoms with Gasteiger partial charge in [0.05, 0.1) is 18.8 Å². The number of aryl methyl sites for hydroxylation is 1. The molecule has 1 unspecified atom stereocenters. The van der Waals surface area contributed by atoms with Crippen molar-refractivity contribution >= 4 is 27.3 Å². The number of sulfonamides is 1. The number of ether oxygens (including phenoxy) is 1. The number of hydrogen-bond acceptors (Lipinski definition) is 7. The average Bonchev–Trinajstić information content (AvgIpc) is 3.43. The molecular weight excluding hydrogens is 432 g/mol. The van der Waals surface area contributed by atoms with Gasteiger partial charge in [0.2, 0.25) is 5.09 Å². The third kappa shape index (κ3) is 4.68. The zero-order valence-electron chi connectivity index (χ0n) is 18.7. The lowest BCUT2D eigenvalue weighted by Crippen LogP contribution is -2.40. The van der Waals surface area contributed by atoms with E-state index >= 15 is 0 Å². The Bertz CT molecular complexity index is 1060. The van der Waals surface area contributed by atoms with Crippen molar-refractivity contribution in [1.29, 1.82) is 0 Å². The lowest BCUT2D eigenvalue weighted by molar-refractivity contribution is 0.0724. The largest absolute Gasteiger partial charge is 0.448 e. The number of benzene rings is 1. The van der Waals surface area contributed by atoms with Crippen molar-refractivity contribution in [2.75, 3.05) is 63.7 Å². The monoisotopic (exact) mass is 462 g/mol. The molecule has 0 radical (unpaired) electrons. The number of amides is 1. The molecule has 2 fully saturated rings. The predicted molar refractivity (Wildman–Crippen MR) is 122 cm³/mol. The summed E-state index contributed by atoms with van der Waals surface area (Å²) in [6.45, 7) is 4.79. The highest BCUT2D eigenvalue weighted by Crippen LogP contribution is 2.26. The van der Waals surface area contributed by atoms with Gasteiger partial charge < -0.3 is 24.3 Å². The van der Waals surface area contributed by atoms with E-state index in [0.717, 1.165) is 25.2 Å². The van der Waals surface area contributed by atoms with Crippen LogP contribution in [0, 0.1) is 6.92 Å². The normalized spacial score (nSPS) is 20.1. The molecule has 10 heteroatoms. The summed E-state index contributed by atoms with van der Waals surface area (Å²) in [6.07, 6.45) is 1.13. The van der Waals surface area contributed by atoms with Crippen LogP contribution in [0.25, 0.3) is 0 Å². The standard InChI is InChI=1S/C22H30N4O5S/c1-16-20(14-21(31-16)32(28,29)26-10-12-30-13-11-26)22(27)23-17-4-6-18(7-5-17)25-9-8-19(15-25)24(2)3/h4-7,14,19H,8-13,15H2,1-3H3,(H,23,27). The third-order valence-corrected chi connectivity index (χ3v) is 7.84. The summed E-state index contributed by atoms with van der Waals surface area (Å²) in [6, 6.07) is 9.54. The van der Waals surface area contributed by atoms with E-state index in [1.54, 1.807) is 6.92 Å². The maximum Gasteiger partial charge on any atom is 0.276 e. The first-order chi connectivity index (χ1) is 15.3. The van der Waals surface area contributed by atoms with Crippen molar-refractivity contribution in [1.82, 2.24) is 9.21 Å². The van der Waals surface area contributed by atoms with Crippen LogP contribution in [0.2, 0.25) is 0 Å². The van der Waals surface area contributed by atoms with Crippen molar-refractivity contribution in [3.63, 3.8) is 0 Å². The summed E-state index contributed by atoms with van der Waals surface area (Å²) in [7, 11) is 0.401. The fourth-order valence-electron chi connectivity index (χ4n) is 4.07. The molecule has 1 amide bonds. The van der Waals surface area contributed by atoms with Gasteiger partial charge in [-0.3, -0.25) is 4.79 Å². The molecule has 0 aliphatic carbocycles. The molecule has 174 valence electrons. The number of morpholine rings is 1. The smallest absolute Gasteiger partial charge is 0.276 e. The van der Waals surface area contributed by atoms with Gasteiger partial charge >= 0.3 is 0 Å². The van der Waals surface area contributed by atoms with Crippen molar-refractivity contribution in [2.24, 2.45) is 0 Å². The molecule has 2 saturated heterocycles. The summed E-state index contributed by atoms with van der Waals surface area (Å²) in [5, 5.41) is 2.61. The molecule has 2 aliphatic rings. The molecule has 9 nitrogen and oxygen atoms in total. The first-order valence-corrected chi connectivity index (χ1v) is 12.2. The fraction of sp³-hybridized carbons (Fsp3) is 0.500. The van der Waals surface area contributed by atoms with Gasteiger partial charge in [-0.15, -0.1) is 0 Å². The van der Waals surface area contributed by atoms with Crippen LogP contribution in [0.1, 0.15) is 22.5 Å². The highest BCUT2D eigenvalue weighted by atomic mass is 32.2. The van der Waals surface area contributed by atoms with Crippen LogP contribution in [0.15, 0.2) is 39.8 Å². The van der Waals surface area contributed by atoms with E-state index in [4.69, 9.17) is 9.15 Å². The summed E-state index contributed by atoms with van der Waals surface area (Å²) >= 11 is 0. The average molecular weight is 463 g/mol. The Morgan fingerprint density at radius 1 is 1.12 bits per heavy atom. The molecule has 2 aliphatic heterocycles. The lowest BCUT2D eigenvalue weighted by Gasteiger charge is -2.24. The molecule has 32 heavy (non-hydrogen) atoms. The zero-order chi connectivity index (χ0) is 22.9. The Hall–Kier alpha value is -2.40. The Labute approximate surface area is 189 Å². The first kappa shape index (κ1) is 22.8. The summed E-state index contributed by atoms with van der Waals surface area (Å²) in [4.78, 5) is 17.4. The molecule has 0 saturated carbocycles. The SMILES string of the molecule is Cc1oc(S(=O)(=O)N2CCOCC2)cc1C(=O)Nc1ccc(N2CCC(N(C)C)C2)cc1. The van der Waals surface area contributed by atoms with Gasteiger partial charge in [-0.25, -0.2) is 8.42 Å². The quantitative estimate of drug-likeness (QED) is 0.702. The molecule has 1 aromatic carbocycles. The molecule has 0 spiro atoms. The Kier molecular flexibility index (Phi) is 6.57. The number of carbonyl (C=O) groups excluding carboxylic acids is 1. The second kappa shape index (κ2) is 9.22. The Morgan fingerprint density at radius 2 is 1.81 bits per heavy atom. The van der Waals surface area contributed by atoms with E-state index < -0.39 is 15.9 Å². The van der Waals surface area contributed by atoms with E-state index in [9.17, 15) is 13.2 Å². The van der Waals surface area contributed by atoms with Crippen molar-refractivity contribution in [2.45, 2.75) is 24.5 Å². The van der Waals surface area contributed by atoms with Gasteiger partial charge in [-0.05, 0) is 51.7 Å². The number of anilines is 2. The lowest BCUT2D eigenvalue weighted by atomic mass is 10.2. The van der Waals surface area contributed by atoms with Crippen molar-refractivity contribution in [3.05, 3.63) is 41.7 Å². The van der Waals surface area contributed by atoms with Crippen LogP contribution >= 0.6 is 0 Å². The number of furan rings is 1. The van der Waals surface area contributed by atoms with Gasteiger partial charge in [0.15, 0.2) is 0 Å². The van der Waals surface area contributed by atoms with E-state index in [-0.39, 0.29) is 29.5 Å². The van der Waals surface area contributed by atoms with Crippen molar-refractivity contribution in [3.8, 4) is 0 Å². The van der Waals surface area contributed by atoms with Crippen LogP contribution in [0.3, 0.4) is 0 Å². The highest BCUT2D eigenvalue weighted by molar-refractivity contribution is 7.89. The van der Waals surface area contributed by atoms with Crippen LogP contribution in [0.5, 0.6) is 0 Å². The number of nitrogens with one attached hydrogen (secondary N) is 1. The summed E-state index contributed by atoms with van der Waals surface area (Å²) in [5.41, 5.74) is 1.96. The van der Waals surface area contributed by atoms with E-state index in [1.165, 1.54) is 10.4 Å². The van der Waals surface area contributed by atoms with Crippen LogP contribution in [-0.2, 0) is 14.8 Å². The van der Waals surface area contributed by atoms with Crippen molar-refractivity contribution < 1.29 is 22.4 Å². The summed E-state index contributed by atoms with van der Waals surface area (Å²) < 4.78 is 37.6. The molecule has 1 N–H and O–H groups in total. The van der Waals surface area contributed by atoms with Crippen LogP contribution in [0.4, 0.5) is 11.4 Å². The van der Waals surface area contributed by atoms with E-state index in [1.807, 2.05) is 24.3 Å². The molecule has 1 atom stereocenters. The highest BCUT2D eigenvalue weighted by Gasteiger charge is 2.31. The number of likely N-dealkylation sites (N-methyl/N-ethyl adjacent to an activating group) is 1. The minimum Gasteiger partial charge on any atom is -0.448 e. The van der Waals surface area contributed by atoms with E-state index in [2.05, 4.69) is 29.2 Å². The number of rotatable bonds is 6. The maximum absolute atomic E-state index is 12.8. The van der Waals surface area contributed by atoms with Crippen LogP contribution in [-0.4, -0.2) is 83.1 Å². The summed E-state index contributed by atoms with van der Waals surface area (Å²) in [5.74, 6) is -0.144. The second-order valence-electron chi connectivity index (χ2n) is 8.40. The zero-order valence-corrected chi connectivity index (χ0v) is 19.5. The number of carbonyl (C=O) groups is 1. The van der Waals surface area contributed by atoms with Gasteiger partial charge in [0.25, 0.3) is 15.9 Å². The molecule has 3 heterocycles. The minimum atomic E-state index is -3.80. The van der Waals surface area contributed by atoms with Crippen LogP contribution < -0.4 is 10.2 Å². The number of nitrogens with zero attached hydrogens (tertiary/aromatic N) is 3. The van der Waals surface area contributed by atoms with E-state index in [0.29, 0.717) is 24.9 Å². The minimum absolute atomic E-state index is 0.203. The first-order valence-electron chi connectivity index (χ1n) is 10.8. The molecule has 2 aromatic rings. The Balaban J connectivity index is 1.43. The Morgan fingerprint density at radius 3 is 2.44 bits per heavy atom. The molecular formula is C22H30N4O5S. The molecule has 0 bridgehead atoms.